The third-order valence-electron chi connectivity index (χ3n) is 8.94. The van der Waals surface area contributed by atoms with Crippen molar-refractivity contribution in [2.45, 2.75) is 64.5 Å². The van der Waals surface area contributed by atoms with E-state index in [9.17, 15) is 26.0 Å². The molecule has 0 N–H and O–H groups in total. The lowest BCUT2D eigenvalue weighted by molar-refractivity contribution is -0.0634. The van der Waals surface area contributed by atoms with Crippen LogP contribution in [0.5, 0.6) is 5.75 Å². The van der Waals surface area contributed by atoms with Crippen molar-refractivity contribution in [2.24, 2.45) is 11.0 Å². The Morgan fingerprint density at radius 3 is 2.17 bits per heavy atom. The first kappa shape index (κ1) is 36.6. The number of methoxy groups -OCH3 is 1. The summed E-state index contributed by atoms with van der Waals surface area (Å²) in [6.07, 6.45) is -3.39. The number of halogens is 4. The van der Waals surface area contributed by atoms with E-state index in [1.54, 1.807) is 36.4 Å². The van der Waals surface area contributed by atoms with Crippen molar-refractivity contribution in [3.8, 4) is 16.9 Å². The molecule has 0 amide bonds. The van der Waals surface area contributed by atoms with E-state index in [1.165, 1.54) is 18.2 Å². The molecule has 0 fully saturated rings. The van der Waals surface area contributed by atoms with Gasteiger partial charge in [-0.2, -0.15) is 26.7 Å². The molecule has 2 atom stereocenters. The molecule has 47 heavy (non-hydrogen) atoms. The van der Waals surface area contributed by atoms with Gasteiger partial charge >= 0.3 is 6.18 Å². The second kappa shape index (κ2) is 13.7. The average molecular weight is 695 g/mol. The first-order chi connectivity index (χ1) is 21.7. The minimum Gasteiger partial charge on any atom is -0.497 e. The van der Waals surface area contributed by atoms with Crippen molar-refractivity contribution < 1.29 is 39.3 Å². The summed E-state index contributed by atoms with van der Waals surface area (Å²) in [7, 11) is -4.88. The summed E-state index contributed by atoms with van der Waals surface area (Å²) in [5.41, 5.74) is 3.27. The molecule has 0 spiro atoms. The predicted molar refractivity (Wildman–Crippen MR) is 180 cm³/mol. The van der Waals surface area contributed by atoms with Crippen LogP contribution in [0.15, 0.2) is 65.8 Å². The van der Waals surface area contributed by atoms with Gasteiger partial charge in [-0.3, -0.25) is 9.19 Å². The highest BCUT2D eigenvalue weighted by molar-refractivity contribution is 7.85. The van der Waals surface area contributed by atoms with Gasteiger partial charge in [0, 0.05) is 12.2 Å². The molecule has 7 nitrogen and oxygen atoms in total. The number of aryl methyl sites for hydroxylation is 1. The predicted octanol–water partition coefficient (Wildman–Crippen LogP) is 8.12. The lowest BCUT2D eigenvalue weighted by Crippen LogP contribution is -2.47. The van der Waals surface area contributed by atoms with Gasteiger partial charge in [0.25, 0.3) is 10.1 Å². The molecule has 1 aliphatic heterocycles. The van der Waals surface area contributed by atoms with Gasteiger partial charge in [-0.05, 0) is 84.1 Å². The molecule has 0 aromatic heterocycles. The van der Waals surface area contributed by atoms with Crippen molar-refractivity contribution >= 4 is 29.8 Å². The normalized spacial score (nSPS) is 17.6. The summed E-state index contributed by atoms with van der Waals surface area (Å²) < 4.78 is 97.9. The van der Waals surface area contributed by atoms with Crippen LogP contribution in [0.25, 0.3) is 11.1 Å². The molecule has 0 radical (unpaired) electrons. The fourth-order valence-electron chi connectivity index (χ4n) is 5.12. The van der Waals surface area contributed by atoms with Gasteiger partial charge in [0.1, 0.15) is 17.3 Å². The summed E-state index contributed by atoms with van der Waals surface area (Å²) in [5.74, 6) is -1.09. The van der Waals surface area contributed by atoms with Gasteiger partial charge < -0.3 is 9.16 Å². The number of nitrogens with zero attached hydrogens (tertiary/aromatic N) is 2. The van der Waals surface area contributed by atoms with E-state index in [2.05, 4.69) is 5.10 Å². The number of rotatable bonds is 11. The number of hydrazone groups is 1. The second-order valence-electron chi connectivity index (χ2n) is 13.4. The Bertz CT molecular complexity index is 1720. The SMILES string of the molecule is COc1ccc(F)c(-c2ccc(Cc3ccc(N4N=C(C(F)(F)F)C(CO[Si](C)(C)C(C)(C)C)C4COS(C)(=O)=O)cc3)c(C)c2)c1. The number of benzene rings is 3. The molecule has 4 rings (SSSR count). The van der Waals surface area contributed by atoms with E-state index < -0.39 is 48.9 Å². The lowest BCUT2D eigenvalue weighted by atomic mass is 9.95. The summed E-state index contributed by atoms with van der Waals surface area (Å²) >= 11 is 0. The zero-order chi connectivity index (χ0) is 34.9. The molecule has 3 aromatic carbocycles. The summed E-state index contributed by atoms with van der Waals surface area (Å²) in [6, 6.07) is 16.1. The molecule has 0 bridgehead atoms. The summed E-state index contributed by atoms with van der Waals surface area (Å²) in [6.45, 7) is 11.0. The zero-order valence-electron chi connectivity index (χ0n) is 27.9. The van der Waals surface area contributed by atoms with Crippen LogP contribution in [0.3, 0.4) is 0 Å². The van der Waals surface area contributed by atoms with Crippen molar-refractivity contribution in [3.63, 3.8) is 0 Å². The Balaban J connectivity index is 1.61. The van der Waals surface area contributed by atoms with Crippen molar-refractivity contribution in [2.75, 3.05) is 31.6 Å². The first-order valence-corrected chi connectivity index (χ1v) is 19.9. The topological polar surface area (TPSA) is 77.4 Å². The Morgan fingerprint density at radius 1 is 0.957 bits per heavy atom. The Kier molecular flexibility index (Phi) is 10.7. The maximum Gasteiger partial charge on any atom is 0.431 e. The van der Waals surface area contributed by atoms with Gasteiger partial charge in [-0.1, -0.05) is 51.1 Å². The highest BCUT2D eigenvalue weighted by Crippen LogP contribution is 2.40. The molecular formula is C34H42F4N2O5SSi. The van der Waals surface area contributed by atoms with Crippen LogP contribution < -0.4 is 9.75 Å². The minimum atomic E-state index is -4.77. The minimum absolute atomic E-state index is 0.251. The molecule has 256 valence electrons. The standard InChI is InChI=1S/C34H42F4N2O5SSi/c1-22-17-25(28-19-27(43-5)15-16-30(28)35)12-11-24(22)18-23-9-13-26(14-10-23)40-31(21-44-46(6,41)42)29(32(39-40)34(36,37)38)20-45-47(7,8)33(2,3)4/h9-17,19,29,31H,18,20-21H2,1-8H3. The van der Waals surface area contributed by atoms with Crippen molar-refractivity contribution in [3.05, 3.63) is 83.2 Å². The van der Waals surface area contributed by atoms with E-state index in [-0.39, 0.29) is 17.5 Å². The first-order valence-electron chi connectivity index (χ1n) is 15.2. The van der Waals surface area contributed by atoms with E-state index in [4.69, 9.17) is 13.3 Å². The Labute approximate surface area is 275 Å². The van der Waals surface area contributed by atoms with Crippen LogP contribution in [0.4, 0.5) is 23.2 Å². The lowest BCUT2D eigenvalue weighted by Gasteiger charge is -2.38. The number of hydrogen-bond donors (Lipinski definition) is 0. The fourth-order valence-corrected chi connectivity index (χ4v) is 6.53. The molecule has 1 heterocycles. The summed E-state index contributed by atoms with van der Waals surface area (Å²) in [5, 5.41) is 4.93. The zero-order valence-corrected chi connectivity index (χ0v) is 29.7. The van der Waals surface area contributed by atoms with Crippen molar-refractivity contribution in [1.29, 1.82) is 0 Å². The maximum atomic E-state index is 14.6. The Morgan fingerprint density at radius 2 is 1.62 bits per heavy atom. The third kappa shape index (κ3) is 8.81. The highest BCUT2D eigenvalue weighted by Gasteiger charge is 2.52. The second-order valence-corrected chi connectivity index (χ2v) is 19.8. The third-order valence-corrected chi connectivity index (χ3v) is 14.0. The molecule has 3 aromatic rings. The molecule has 1 aliphatic rings. The number of alkyl halides is 3. The maximum absolute atomic E-state index is 14.6. The number of anilines is 1. The van der Waals surface area contributed by atoms with Gasteiger partial charge in [0.15, 0.2) is 8.32 Å². The highest BCUT2D eigenvalue weighted by atomic mass is 32.2. The van der Waals surface area contributed by atoms with E-state index in [0.29, 0.717) is 29.0 Å². The van der Waals surface area contributed by atoms with Crippen LogP contribution in [0, 0.1) is 18.7 Å². The largest absolute Gasteiger partial charge is 0.497 e. The molecule has 0 aliphatic carbocycles. The van der Waals surface area contributed by atoms with Gasteiger partial charge in [-0.15, -0.1) is 0 Å². The van der Waals surface area contributed by atoms with E-state index >= 15 is 0 Å². The number of hydrogen-bond acceptors (Lipinski definition) is 7. The molecule has 0 saturated carbocycles. The van der Waals surface area contributed by atoms with Gasteiger partial charge in [0.05, 0.1) is 37.6 Å². The average Bonchev–Trinajstić information content (AvgIpc) is 3.35. The van der Waals surface area contributed by atoms with Crippen LogP contribution in [0.1, 0.15) is 37.5 Å². The monoisotopic (exact) mass is 694 g/mol. The van der Waals surface area contributed by atoms with Crippen LogP contribution in [-0.4, -0.2) is 61.2 Å². The summed E-state index contributed by atoms with van der Waals surface area (Å²) in [4.78, 5) is 0. The van der Waals surface area contributed by atoms with Crippen LogP contribution in [0.2, 0.25) is 18.1 Å². The number of ether oxygens (including phenoxy) is 1. The van der Waals surface area contributed by atoms with Gasteiger partial charge in [0.2, 0.25) is 0 Å². The van der Waals surface area contributed by atoms with Crippen molar-refractivity contribution in [1.82, 2.24) is 0 Å². The smallest absolute Gasteiger partial charge is 0.431 e. The molecule has 2 unspecified atom stereocenters. The van der Waals surface area contributed by atoms with Gasteiger partial charge in [-0.25, -0.2) is 4.39 Å². The molecule has 13 heteroatoms. The molecule has 0 saturated heterocycles. The van der Waals surface area contributed by atoms with Crippen LogP contribution >= 0.6 is 0 Å². The fraction of sp³-hybridized carbons (Fsp3) is 0.441. The Hall–Kier alpha value is -3.26. The quantitative estimate of drug-likeness (QED) is 0.115. The van der Waals surface area contributed by atoms with E-state index in [0.717, 1.165) is 22.9 Å². The van der Waals surface area contributed by atoms with E-state index in [1.807, 2.05) is 59.0 Å². The van der Waals surface area contributed by atoms with Crippen LogP contribution in [-0.2, 0) is 25.1 Å². The molecular weight excluding hydrogens is 653 g/mol.